The Morgan fingerprint density at radius 2 is 1.95 bits per heavy atom. The molecule has 2 N–H and O–H groups in total. The van der Waals surface area contributed by atoms with Crippen LogP contribution in [-0.4, -0.2) is 17.6 Å². The fourth-order valence-corrected chi connectivity index (χ4v) is 2.38. The third-order valence-corrected chi connectivity index (χ3v) is 3.90. The molecule has 1 aromatic heterocycles. The molecule has 0 aliphatic carbocycles. The van der Waals surface area contributed by atoms with Gasteiger partial charge in [0.15, 0.2) is 5.76 Å². The zero-order chi connectivity index (χ0) is 15.2. The zero-order valence-electron chi connectivity index (χ0n) is 11.8. The van der Waals surface area contributed by atoms with Gasteiger partial charge >= 0.3 is 5.91 Å². The minimum absolute atomic E-state index is 0.150. The summed E-state index contributed by atoms with van der Waals surface area (Å²) in [7, 11) is 0. The Morgan fingerprint density at radius 3 is 2.62 bits per heavy atom. The number of hydrogen-bond acceptors (Lipinski definition) is 4. The van der Waals surface area contributed by atoms with Gasteiger partial charge in [0.05, 0.1) is 12.0 Å². The van der Waals surface area contributed by atoms with E-state index in [1.807, 2.05) is 32.0 Å². The van der Waals surface area contributed by atoms with Crippen LogP contribution in [0.1, 0.15) is 21.7 Å². The largest absolute Gasteiger partial charge is 0.459 e. The van der Waals surface area contributed by atoms with Gasteiger partial charge in [-0.15, -0.1) is 11.8 Å². The van der Waals surface area contributed by atoms with E-state index in [4.69, 9.17) is 4.42 Å². The van der Waals surface area contributed by atoms with Gasteiger partial charge in [-0.1, -0.05) is 6.07 Å². The zero-order valence-corrected chi connectivity index (χ0v) is 12.6. The van der Waals surface area contributed by atoms with Gasteiger partial charge in [0, 0.05) is 4.90 Å². The lowest BCUT2D eigenvalue weighted by molar-refractivity contribution is -0.119. The van der Waals surface area contributed by atoms with Crippen molar-refractivity contribution in [3.63, 3.8) is 0 Å². The van der Waals surface area contributed by atoms with Gasteiger partial charge in [-0.25, -0.2) is 0 Å². The van der Waals surface area contributed by atoms with Crippen LogP contribution in [0.3, 0.4) is 0 Å². The minimum atomic E-state index is -0.482. The molecule has 21 heavy (non-hydrogen) atoms. The molecule has 6 heteroatoms. The molecule has 1 heterocycles. The van der Waals surface area contributed by atoms with Gasteiger partial charge in [0.1, 0.15) is 0 Å². The maximum Gasteiger partial charge on any atom is 0.305 e. The average Bonchev–Trinajstić information content (AvgIpc) is 3.00. The number of carbonyl (C=O) groups is 2. The van der Waals surface area contributed by atoms with E-state index in [1.54, 1.807) is 6.07 Å². The number of thioether (sulfide) groups is 1. The summed E-state index contributed by atoms with van der Waals surface area (Å²) in [5.74, 6) is -0.388. The van der Waals surface area contributed by atoms with Crippen molar-refractivity contribution >= 4 is 23.6 Å². The van der Waals surface area contributed by atoms with Gasteiger partial charge in [0.2, 0.25) is 5.91 Å². The van der Waals surface area contributed by atoms with Gasteiger partial charge in [-0.05, 0) is 49.2 Å². The molecule has 0 aliphatic heterocycles. The van der Waals surface area contributed by atoms with Crippen LogP contribution < -0.4 is 10.9 Å². The molecule has 110 valence electrons. The Morgan fingerprint density at radius 1 is 1.14 bits per heavy atom. The fourth-order valence-electron chi connectivity index (χ4n) is 1.58. The molecule has 5 nitrogen and oxygen atoms in total. The number of nitrogens with one attached hydrogen (secondary N) is 2. The van der Waals surface area contributed by atoms with Gasteiger partial charge in [0.25, 0.3) is 0 Å². The van der Waals surface area contributed by atoms with Crippen LogP contribution in [0.15, 0.2) is 45.9 Å². The monoisotopic (exact) mass is 304 g/mol. The summed E-state index contributed by atoms with van der Waals surface area (Å²) in [6, 6.07) is 9.16. The molecule has 0 saturated carbocycles. The second kappa shape index (κ2) is 6.99. The highest BCUT2D eigenvalue weighted by Crippen LogP contribution is 2.20. The number of amides is 2. The average molecular weight is 304 g/mol. The first-order valence-corrected chi connectivity index (χ1v) is 7.37. The Kier molecular flexibility index (Phi) is 5.05. The van der Waals surface area contributed by atoms with E-state index in [9.17, 15) is 9.59 Å². The van der Waals surface area contributed by atoms with Gasteiger partial charge in [-0.2, -0.15) is 0 Å². The number of rotatable bonds is 4. The predicted octanol–water partition coefficient (Wildman–Crippen LogP) is 2.45. The second-order valence-electron chi connectivity index (χ2n) is 4.51. The number of benzene rings is 1. The molecule has 0 fully saturated rings. The molecule has 0 unspecified atom stereocenters. The number of furan rings is 1. The van der Waals surface area contributed by atoms with Crippen LogP contribution in [0.5, 0.6) is 0 Å². The van der Waals surface area contributed by atoms with Crippen molar-refractivity contribution in [2.45, 2.75) is 18.7 Å². The van der Waals surface area contributed by atoms with Crippen LogP contribution in [0, 0.1) is 13.8 Å². The van der Waals surface area contributed by atoms with Gasteiger partial charge < -0.3 is 4.42 Å². The first-order valence-electron chi connectivity index (χ1n) is 6.39. The Hall–Kier alpha value is -2.21. The summed E-state index contributed by atoms with van der Waals surface area (Å²) in [6.45, 7) is 4.07. The van der Waals surface area contributed by atoms with Crippen LogP contribution >= 0.6 is 11.8 Å². The minimum Gasteiger partial charge on any atom is -0.459 e. The normalized spacial score (nSPS) is 10.2. The van der Waals surface area contributed by atoms with Crippen molar-refractivity contribution in [2.24, 2.45) is 0 Å². The summed E-state index contributed by atoms with van der Waals surface area (Å²) in [5.41, 5.74) is 7.05. The molecule has 0 spiro atoms. The topological polar surface area (TPSA) is 71.3 Å². The number of hydrogen-bond donors (Lipinski definition) is 2. The molecule has 2 rings (SSSR count). The first kappa shape index (κ1) is 15.2. The van der Waals surface area contributed by atoms with E-state index in [2.05, 4.69) is 10.9 Å². The van der Waals surface area contributed by atoms with E-state index < -0.39 is 5.91 Å². The summed E-state index contributed by atoms with van der Waals surface area (Å²) >= 11 is 1.41. The Bertz CT molecular complexity index is 638. The number of aryl methyl sites for hydroxylation is 2. The maximum absolute atomic E-state index is 11.7. The predicted molar refractivity (Wildman–Crippen MR) is 81.0 cm³/mol. The van der Waals surface area contributed by atoms with Crippen LogP contribution in [0.25, 0.3) is 0 Å². The maximum atomic E-state index is 11.7. The molecular weight excluding hydrogens is 288 g/mol. The van der Waals surface area contributed by atoms with Crippen molar-refractivity contribution in [1.82, 2.24) is 10.9 Å². The van der Waals surface area contributed by atoms with E-state index in [1.165, 1.54) is 35.2 Å². The van der Waals surface area contributed by atoms with E-state index in [0.29, 0.717) is 0 Å². The first-order chi connectivity index (χ1) is 10.1. The summed E-state index contributed by atoms with van der Waals surface area (Å²) in [4.78, 5) is 24.2. The second-order valence-corrected chi connectivity index (χ2v) is 5.56. The number of carbonyl (C=O) groups excluding carboxylic acids is 2. The highest BCUT2D eigenvalue weighted by Gasteiger charge is 2.09. The fraction of sp³-hybridized carbons (Fsp3) is 0.200. The Labute approximate surface area is 127 Å². The highest BCUT2D eigenvalue weighted by molar-refractivity contribution is 8.00. The number of hydrazine groups is 1. The van der Waals surface area contributed by atoms with Crippen molar-refractivity contribution < 1.29 is 14.0 Å². The SMILES string of the molecule is Cc1ccc(SCC(=O)NNC(=O)c2ccco2)cc1C. The quantitative estimate of drug-likeness (QED) is 0.672. The molecule has 0 radical (unpaired) electrons. The van der Waals surface area contributed by atoms with Crippen LogP contribution in [0.2, 0.25) is 0 Å². The molecule has 0 saturated heterocycles. The summed E-state index contributed by atoms with van der Waals surface area (Å²) < 4.78 is 4.91. The molecule has 0 bridgehead atoms. The van der Waals surface area contributed by atoms with Crippen molar-refractivity contribution in [2.75, 3.05) is 5.75 Å². The standard InChI is InChI=1S/C15H16N2O3S/c1-10-5-6-12(8-11(10)2)21-9-14(18)16-17-15(19)13-4-3-7-20-13/h3-8H,9H2,1-2H3,(H,16,18)(H,17,19). The lowest BCUT2D eigenvalue weighted by Gasteiger charge is -2.07. The molecule has 2 amide bonds. The van der Waals surface area contributed by atoms with E-state index >= 15 is 0 Å². The smallest absolute Gasteiger partial charge is 0.305 e. The molecule has 2 aromatic rings. The molecule has 1 aromatic carbocycles. The lowest BCUT2D eigenvalue weighted by atomic mass is 10.1. The summed E-state index contributed by atoms with van der Waals surface area (Å²) in [5, 5.41) is 0. The summed E-state index contributed by atoms with van der Waals surface area (Å²) in [6.07, 6.45) is 1.40. The molecular formula is C15H16N2O3S. The lowest BCUT2D eigenvalue weighted by Crippen LogP contribution is -2.42. The Balaban J connectivity index is 1.77. The third-order valence-electron chi connectivity index (χ3n) is 2.91. The molecule has 0 atom stereocenters. The van der Waals surface area contributed by atoms with E-state index in [-0.39, 0.29) is 17.4 Å². The third kappa shape index (κ3) is 4.39. The highest BCUT2D eigenvalue weighted by atomic mass is 32.2. The van der Waals surface area contributed by atoms with Crippen molar-refractivity contribution in [1.29, 1.82) is 0 Å². The molecule has 0 aliphatic rings. The van der Waals surface area contributed by atoms with Crippen LogP contribution in [0.4, 0.5) is 0 Å². The van der Waals surface area contributed by atoms with Crippen molar-refractivity contribution in [3.8, 4) is 0 Å². The van der Waals surface area contributed by atoms with Crippen molar-refractivity contribution in [3.05, 3.63) is 53.5 Å². The van der Waals surface area contributed by atoms with Gasteiger partial charge in [-0.3, -0.25) is 20.4 Å². The van der Waals surface area contributed by atoms with E-state index in [0.717, 1.165) is 4.90 Å². The van der Waals surface area contributed by atoms with Crippen LogP contribution in [-0.2, 0) is 4.79 Å².